The molecule has 2 amide bonds. The predicted molar refractivity (Wildman–Crippen MR) is 102 cm³/mol. The Morgan fingerprint density at radius 2 is 1.87 bits per heavy atom. The highest BCUT2D eigenvalue weighted by Crippen LogP contribution is 2.33. The second-order valence-corrected chi connectivity index (χ2v) is 7.09. The topological polar surface area (TPSA) is 83.4 Å². The van der Waals surface area contributed by atoms with Crippen molar-refractivity contribution in [2.24, 2.45) is 0 Å². The molecule has 31 heavy (non-hydrogen) atoms. The minimum Gasteiger partial charge on any atom is -0.355 e. The number of piperazine rings is 1. The zero-order valence-corrected chi connectivity index (χ0v) is 16.8. The van der Waals surface area contributed by atoms with Crippen LogP contribution in [0.25, 0.3) is 5.69 Å². The molecule has 1 saturated heterocycles. The molecule has 2 aromatic rings. The molecule has 8 nitrogen and oxygen atoms in total. The second-order valence-electron chi connectivity index (χ2n) is 7.09. The van der Waals surface area contributed by atoms with Crippen LogP contribution in [0.4, 0.5) is 17.6 Å². The van der Waals surface area contributed by atoms with Gasteiger partial charge in [-0.15, -0.1) is 5.10 Å². The van der Waals surface area contributed by atoms with Gasteiger partial charge in [0.2, 0.25) is 5.91 Å². The number of rotatable bonds is 6. The van der Waals surface area contributed by atoms with Gasteiger partial charge in [0.05, 0.1) is 12.2 Å². The fourth-order valence-corrected chi connectivity index (χ4v) is 3.25. The first kappa shape index (κ1) is 22.7. The van der Waals surface area contributed by atoms with Crippen LogP contribution in [0.15, 0.2) is 24.3 Å². The van der Waals surface area contributed by atoms with E-state index in [1.807, 2.05) is 11.8 Å². The van der Waals surface area contributed by atoms with Gasteiger partial charge in [0.1, 0.15) is 5.82 Å². The first-order chi connectivity index (χ1) is 14.7. The van der Waals surface area contributed by atoms with Gasteiger partial charge in [0, 0.05) is 32.7 Å². The fraction of sp³-hybridized carbons (Fsp3) is 0.474. The van der Waals surface area contributed by atoms with Crippen LogP contribution in [0.3, 0.4) is 0 Å². The third kappa shape index (κ3) is 5.37. The van der Waals surface area contributed by atoms with Crippen molar-refractivity contribution in [3.05, 3.63) is 41.5 Å². The van der Waals surface area contributed by atoms with E-state index in [1.165, 1.54) is 17.0 Å². The molecule has 0 spiro atoms. The Labute approximate surface area is 175 Å². The van der Waals surface area contributed by atoms with E-state index < -0.39 is 29.3 Å². The summed E-state index contributed by atoms with van der Waals surface area (Å²) in [6, 6.07) is 4.44. The number of aromatic nitrogens is 3. The maximum Gasteiger partial charge on any atom is 0.435 e. The molecule has 1 aliphatic heterocycles. The number of hydrogen-bond donors (Lipinski definition) is 1. The molecule has 1 aromatic carbocycles. The fourth-order valence-electron chi connectivity index (χ4n) is 3.25. The van der Waals surface area contributed by atoms with Crippen molar-refractivity contribution in [1.82, 2.24) is 30.1 Å². The van der Waals surface area contributed by atoms with Crippen LogP contribution in [0.1, 0.15) is 29.5 Å². The van der Waals surface area contributed by atoms with Crippen LogP contribution in [-0.4, -0.2) is 75.9 Å². The van der Waals surface area contributed by atoms with Gasteiger partial charge >= 0.3 is 6.18 Å². The number of carbonyl (C=O) groups is 2. The maximum atomic E-state index is 13.7. The molecule has 1 fully saturated rings. The zero-order valence-electron chi connectivity index (χ0n) is 16.8. The van der Waals surface area contributed by atoms with E-state index in [9.17, 15) is 27.2 Å². The standard InChI is InChI=1S/C19H22F4N6O2/c1-2-6-24-15(30)12-27-7-9-28(10-8-27)18(31)16-17(19(21,22)23)29(26-25-16)14-5-3-4-13(20)11-14/h3-5,11H,2,6-10,12H2,1H3,(H,24,30). The minimum atomic E-state index is -4.93. The molecule has 1 N–H and O–H groups in total. The van der Waals surface area contributed by atoms with Crippen molar-refractivity contribution in [2.45, 2.75) is 19.5 Å². The molecule has 3 rings (SSSR count). The van der Waals surface area contributed by atoms with Gasteiger partial charge in [-0.3, -0.25) is 14.5 Å². The average molecular weight is 442 g/mol. The molecule has 2 heterocycles. The van der Waals surface area contributed by atoms with Crippen LogP contribution < -0.4 is 5.32 Å². The second kappa shape index (κ2) is 9.41. The van der Waals surface area contributed by atoms with Crippen molar-refractivity contribution in [3.63, 3.8) is 0 Å². The van der Waals surface area contributed by atoms with Gasteiger partial charge in [-0.25, -0.2) is 9.07 Å². The van der Waals surface area contributed by atoms with Crippen LogP contribution in [-0.2, 0) is 11.0 Å². The smallest absolute Gasteiger partial charge is 0.355 e. The van der Waals surface area contributed by atoms with E-state index in [0.717, 1.165) is 18.6 Å². The molecule has 0 saturated carbocycles. The monoisotopic (exact) mass is 442 g/mol. The summed E-state index contributed by atoms with van der Waals surface area (Å²) in [7, 11) is 0. The predicted octanol–water partition coefficient (Wildman–Crippen LogP) is 1.71. The first-order valence-electron chi connectivity index (χ1n) is 9.78. The van der Waals surface area contributed by atoms with Crippen LogP contribution in [0.5, 0.6) is 0 Å². The van der Waals surface area contributed by atoms with Gasteiger partial charge < -0.3 is 10.2 Å². The quantitative estimate of drug-likeness (QED) is 0.689. The van der Waals surface area contributed by atoms with Gasteiger partial charge in [0.15, 0.2) is 11.4 Å². The lowest BCUT2D eigenvalue weighted by atomic mass is 10.2. The molecule has 0 unspecified atom stereocenters. The molecular weight excluding hydrogens is 420 g/mol. The van der Waals surface area contributed by atoms with Crippen LogP contribution >= 0.6 is 0 Å². The lowest BCUT2D eigenvalue weighted by Gasteiger charge is -2.34. The van der Waals surface area contributed by atoms with E-state index in [0.29, 0.717) is 24.3 Å². The van der Waals surface area contributed by atoms with Gasteiger partial charge in [0.25, 0.3) is 5.91 Å². The molecular formula is C19H22F4N6O2. The van der Waals surface area contributed by atoms with E-state index in [-0.39, 0.29) is 31.2 Å². The molecule has 0 radical (unpaired) electrons. The highest BCUT2D eigenvalue weighted by molar-refractivity contribution is 5.93. The lowest BCUT2D eigenvalue weighted by Crippen LogP contribution is -2.51. The molecule has 168 valence electrons. The molecule has 1 aromatic heterocycles. The first-order valence-corrected chi connectivity index (χ1v) is 9.78. The van der Waals surface area contributed by atoms with Crippen molar-refractivity contribution in [1.29, 1.82) is 0 Å². The number of nitrogens with zero attached hydrogens (tertiary/aromatic N) is 5. The third-order valence-electron chi connectivity index (χ3n) is 4.79. The highest BCUT2D eigenvalue weighted by Gasteiger charge is 2.43. The molecule has 0 aliphatic carbocycles. The number of alkyl halides is 3. The number of benzene rings is 1. The van der Waals surface area contributed by atoms with Crippen LogP contribution in [0, 0.1) is 5.82 Å². The normalized spacial score (nSPS) is 15.2. The molecule has 12 heteroatoms. The summed E-state index contributed by atoms with van der Waals surface area (Å²) in [5.74, 6) is -1.79. The Bertz CT molecular complexity index is 938. The molecule has 0 bridgehead atoms. The summed E-state index contributed by atoms with van der Waals surface area (Å²) in [6.07, 6.45) is -4.12. The van der Waals surface area contributed by atoms with E-state index in [2.05, 4.69) is 15.6 Å². The van der Waals surface area contributed by atoms with Crippen LogP contribution in [0.2, 0.25) is 0 Å². The number of amides is 2. The molecule has 1 aliphatic rings. The molecule has 0 atom stereocenters. The zero-order chi connectivity index (χ0) is 22.6. The van der Waals surface area contributed by atoms with Gasteiger partial charge in [-0.1, -0.05) is 18.2 Å². The van der Waals surface area contributed by atoms with Crippen molar-refractivity contribution >= 4 is 11.8 Å². The number of carbonyl (C=O) groups excluding carboxylic acids is 2. The number of hydrogen-bond acceptors (Lipinski definition) is 5. The highest BCUT2D eigenvalue weighted by atomic mass is 19.4. The van der Waals surface area contributed by atoms with Gasteiger partial charge in [-0.05, 0) is 24.6 Å². The van der Waals surface area contributed by atoms with Crippen molar-refractivity contribution in [2.75, 3.05) is 39.3 Å². The Hall–Kier alpha value is -3.02. The summed E-state index contributed by atoms with van der Waals surface area (Å²) in [4.78, 5) is 27.7. The average Bonchev–Trinajstić information content (AvgIpc) is 3.18. The van der Waals surface area contributed by atoms with E-state index >= 15 is 0 Å². The van der Waals surface area contributed by atoms with E-state index in [1.54, 1.807) is 0 Å². The minimum absolute atomic E-state index is 0.140. The summed E-state index contributed by atoms with van der Waals surface area (Å²) in [6.45, 7) is 3.62. The Morgan fingerprint density at radius 3 is 2.48 bits per heavy atom. The summed E-state index contributed by atoms with van der Waals surface area (Å²) < 4.78 is 55.1. The van der Waals surface area contributed by atoms with Gasteiger partial charge in [-0.2, -0.15) is 13.2 Å². The number of halogens is 4. The Kier molecular flexibility index (Phi) is 6.88. The lowest BCUT2D eigenvalue weighted by molar-refractivity contribution is -0.143. The summed E-state index contributed by atoms with van der Waals surface area (Å²) in [5.41, 5.74) is -2.39. The van der Waals surface area contributed by atoms with E-state index in [4.69, 9.17) is 0 Å². The Morgan fingerprint density at radius 1 is 1.16 bits per heavy atom. The SMILES string of the molecule is CCCNC(=O)CN1CCN(C(=O)c2nnn(-c3cccc(F)c3)c2C(F)(F)F)CC1. The number of nitrogens with one attached hydrogen (secondary N) is 1. The van der Waals surface area contributed by atoms with Crippen molar-refractivity contribution < 1.29 is 27.2 Å². The van der Waals surface area contributed by atoms with Crippen molar-refractivity contribution in [3.8, 4) is 5.69 Å². The third-order valence-corrected chi connectivity index (χ3v) is 4.79. The largest absolute Gasteiger partial charge is 0.435 e. The Balaban J connectivity index is 1.75. The summed E-state index contributed by atoms with van der Waals surface area (Å²) >= 11 is 0. The maximum absolute atomic E-state index is 13.7. The summed E-state index contributed by atoms with van der Waals surface area (Å²) in [5, 5.41) is 9.68.